The van der Waals surface area contributed by atoms with Gasteiger partial charge in [-0.25, -0.2) is 0 Å². The summed E-state index contributed by atoms with van der Waals surface area (Å²) >= 11 is 0. The molecule has 0 saturated heterocycles. The Morgan fingerprint density at radius 1 is 0.833 bits per heavy atom. The molecule has 0 unspecified atom stereocenters. The molecular weight excluding hydrogens is 232 g/mol. The minimum atomic E-state index is -0.117. The lowest BCUT2D eigenvalue weighted by Crippen LogP contribution is -2.23. The molecule has 0 atom stereocenters. The van der Waals surface area contributed by atoms with E-state index in [1.54, 1.807) is 13.8 Å². The van der Waals surface area contributed by atoms with E-state index in [4.69, 9.17) is 9.47 Å². The Bertz CT molecular complexity index is 239. The average molecular weight is 256 g/mol. The predicted octanol–water partition coefficient (Wildman–Crippen LogP) is 2.70. The molecular formula is C14H24O4. The highest BCUT2D eigenvalue weighted by Crippen LogP contribution is 2.29. The minimum Gasteiger partial charge on any atom is -0.465 e. The average Bonchev–Trinajstić information content (AvgIpc) is 2.43. The first-order valence-corrected chi connectivity index (χ1v) is 6.96. The Morgan fingerprint density at radius 3 is 1.44 bits per heavy atom. The van der Waals surface area contributed by atoms with E-state index in [0.717, 1.165) is 25.7 Å². The van der Waals surface area contributed by atoms with Gasteiger partial charge < -0.3 is 9.47 Å². The minimum absolute atomic E-state index is 0.117. The van der Waals surface area contributed by atoms with Crippen molar-refractivity contribution in [2.75, 3.05) is 13.2 Å². The molecule has 0 aromatic rings. The van der Waals surface area contributed by atoms with Gasteiger partial charge in [-0.3, -0.25) is 9.59 Å². The summed E-state index contributed by atoms with van der Waals surface area (Å²) in [5.41, 5.74) is 0. The van der Waals surface area contributed by atoms with Gasteiger partial charge in [0.05, 0.1) is 13.2 Å². The number of rotatable bonds is 6. The molecule has 1 rings (SSSR count). The van der Waals surface area contributed by atoms with Gasteiger partial charge in [0.2, 0.25) is 0 Å². The van der Waals surface area contributed by atoms with Gasteiger partial charge in [-0.2, -0.15) is 0 Å². The SMILES string of the molecule is CCC(=O)OCC1CCC(COC(=O)CC)CC1. The van der Waals surface area contributed by atoms with Gasteiger partial charge in [-0.05, 0) is 37.5 Å². The van der Waals surface area contributed by atoms with Crippen LogP contribution in [0.1, 0.15) is 52.4 Å². The quantitative estimate of drug-likeness (QED) is 0.686. The number of esters is 2. The third kappa shape index (κ3) is 5.52. The van der Waals surface area contributed by atoms with Crippen LogP contribution in [0, 0.1) is 11.8 Å². The topological polar surface area (TPSA) is 52.6 Å². The molecule has 18 heavy (non-hydrogen) atoms. The van der Waals surface area contributed by atoms with Crippen molar-refractivity contribution in [3.05, 3.63) is 0 Å². The Kier molecular flexibility index (Phi) is 6.76. The zero-order valence-electron chi connectivity index (χ0n) is 11.4. The summed E-state index contributed by atoms with van der Waals surface area (Å²) in [6.45, 7) is 4.71. The first kappa shape index (κ1) is 15.0. The molecule has 0 aliphatic heterocycles. The van der Waals surface area contributed by atoms with Crippen LogP contribution in [0.2, 0.25) is 0 Å². The number of ether oxygens (including phenoxy) is 2. The summed E-state index contributed by atoms with van der Waals surface area (Å²) in [5.74, 6) is 0.736. The van der Waals surface area contributed by atoms with Crippen molar-refractivity contribution in [2.24, 2.45) is 11.8 Å². The fourth-order valence-corrected chi connectivity index (χ4v) is 2.19. The molecule has 0 heterocycles. The van der Waals surface area contributed by atoms with Crippen molar-refractivity contribution in [3.8, 4) is 0 Å². The molecule has 0 aromatic heterocycles. The molecule has 0 amide bonds. The van der Waals surface area contributed by atoms with Crippen LogP contribution < -0.4 is 0 Å². The highest BCUT2D eigenvalue weighted by atomic mass is 16.5. The van der Waals surface area contributed by atoms with Gasteiger partial charge in [-0.15, -0.1) is 0 Å². The third-order valence-corrected chi connectivity index (χ3v) is 3.50. The molecule has 0 radical (unpaired) electrons. The summed E-state index contributed by atoms with van der Waals surface area (Å²) in [6, 6.07) is 0. The van der Waals surface area contributed by atoms with E-state index in [-0.39, 0.29) is 11.9 Å². The summed E-state index contributed by atoms with van der Waals surface area (Å²) in [4.78, 5) is 22.1. The number of carbonyl (C=O) groups is 2. The van der Waals surface area contributed by atoms with Crippen molar-refractivity contribution >= 4 is 11.9 Å². The largest absolute Gasteiger partial charge is 0.465 e. The van der Waals surface area contributed by atoms with E-state index in [0.29, 0.717) is 37.9 Å². The van der Waals surface area contributed by atoms with Crippen LogP contribution in [0.3, 0.4) is 0 Å². The van der Waals surface area contributed by atoms with Gasteiger partial charge in [0.1, 0.15) is 0 Å². The normalized spacial score (nSPS) is 23.4. The molecule has 104 valence electrons. The van der Waals surface area contributed by atoms with E-state index in [1.165, 1.54) is 0 Å². The predicted molar refractivity (Wildman–Crippen MR) is 67.9 cm³/mol. The van der Waals surface area contributed by atoms with Crippen molar-refractivity contribution in [1.82, 2.24) is 0 Å². The van der Waals surface area contributed by atoms with E-state index in [9.17, 15) is 9.59 Å². The first-order chi connectivity index (χ1) is 8.65. The number of carbonyl (C=O) groups excluding carboxylic acids is 2. The Balaban J connectivity index is 2.12. The Hall–Kier alpha value is -1.06. The summed E-state index contributed by atoms with van der Waals surface area (Å²) in [5, 5.41) is 0. The number of hydrogen-bond acceptors (Lipinski definition) is 4. The Labute approximate surface area is 109 Å². The molecule has 1 saturated carbocycles. The van der Waals surface area contributed by atoms with Crippen LogP contribution in [-0.2, 0) is 19.1 Å². The maximum Gasteiger partial charge on any atom is 0.305 e. The Morgan fingerprint density at radius 2 is 1.17 bits per heavy atom. The molecule has 0 N–H and O–H groups in total. The molecule has 1 aliphatic carbocycles. The zero-order valence-corrected chi connectivity index (χ0v) is 11.4. The molecule has 4 heteroatoms. The van der Waals surface area contributed by atoms with E-state index < -0.39 is 0 Å². The fraction of sp³-hybridized carbons (Fsp3) is 0.857. The van der Waals surface area contributed by atoms with Crippen molar-refractivity contribution in [3.63, 3.8) is 0 Å². The van der Waals surface area contributed by atoms with E-state index in [2.05, 4.69) is 0 Å². The fourth-order valence-electron chi connectivity index (χ4n) is 2.19. The summed E-state index contributed by atoms with van der Waals surface area (Å²) in [6.07, 6.45) is 5.14. The van der Waals surface area contributed by atoms with Crippen molar-refractivity contribution in [1.29, 1.82) is 0 Å². The third-order valence-electron chi connectivity index (χ3n) is 3.50. The van der Waals surface area contributed by atoms with Crippen LogP contribution in [0.25, 0.3) is 0 Å². The molecule has 0 spiro atoms. The van der Waals surface area contributed by atoms with Gasteiger partial charge in [0, 0.05) is 12.8 Å². The number of hydrogen-bond donors (Lipinski definition) is 0. The standard InChI is InChI=1S/C14H24O4/c1-3-13(15)17-9-11-5-7-12(8-6-11)10-18-14(16)4-2/h11-12H,3-10H2,1-2H3. The molecule has 0 bridgehead atoms. The zero-order chi connectivity index (χ0) is 13.4. The second-order valence-electron chi connectivity index (χ2n) is 4.96. The molecule has 1 fully saturated rings. The maximum atomic E-state index is 11.0. The summed E-state index contributed by atoms with van der Waals surface area (Å²) < 4.78 is 10.3. The smallest absolute Gasteiger partial charge is 0.305 e. The monoisotopic (exact) mass is 256 g/mol. The lowest BCUT2D eigenvalue weighted by atomic mass is 9.83. The second-order valence-corrected chi connectivity index (χ2v) is 4.96. The van der Waals surface area contributed by atoms with Crippen molar-refractivity contribution < 1.29 is 19.1 Å². The van der Waals surface area contributed by atoms with Crippen LogP contribution >= 0.6 is 0 Å². The van der Waals surface area contributed by atoms with Gasteiger partial charge >= 0.3 is 11.9 Å². The first-order valence-electron chi connectivity index (χ1n) is 6.96. The highest BCUT2D eigenvalue weighted by molar-refractivity contribution is 5.69. The van der Waals surface area contributed by atoms with Gasteiger partial charge in [0.15, 0.2) is 0 Å². The maximum absolute atomic E-state index is 11.0. The van der Waals surface area contributed by atoms with Gasteiger partial charge in [0.25, 0.3) is 0 Å². The molecule has 1 aliphatic rings. The van der Waals surface area contributed by atoms with E-state index in [1.807, 2.05) is 0 Å². The van der Waals surface area contributed by atoms with Crippen LogP contribution in [0.4, 0.5) is 0 Å². The second kappa shape index (κ2) is 8.11. The molecule has 4 nitrogen and oxygen atoms in total. The van der Waals surface area contributed by atoms with Crippen LogP contribution in [-0.4, -0.2) is 25.2 Å². The molecule has 0 aromatic carbocycles. The van der Waals surface area contributed by atoms with Gasteiger partial charge in [-0.1, -0.05) is 13.8 Å². The highest BCUT2D eigenvalue weighted by Gasteiger charge is 2.23. The van der Waals surface area contributed by atoms with Crippen LogP contribution in [0.15, 0.2) is 0 Å². The summed E-state index contributed by atoms with van der Waals surface area (Å²) in [7, 11) is 0. The van der Waals surface area contributed by atoms with E-state index >= 15 is 0 Å². The lowest BCUT2D eigenvalue weighted by molar-refractivity contribution is -0.147. The van der Waals surface area contributed by atoms with Crippen LogP contribution in [0.5, 0.6) is 0 Å². The van der Waals surface area contributed by atoms with Crippen molar-refractivity contribution in [2.45, 2.75) is 52.4 Å². The lowest BCUT2D eigenvalue weighted by Gasteiger charge is -2.27.